The molecule has 1 aliphatic heterocycles. The van der Waals surface area contributed by atoms with Crippen LogP contribution < -0.4 is 19.5 Å². The maximum Gasteiger partial charge on any atom is 0.227 e. The summed E-state index contributed by atoms with van der Waals surface area (Å²) in [4.78, 5) is 11.7. The van der Waals surface area contributed by atoms with Crippen molar-refractivity contribution in [1.29, 1.82) is 0 Å². The molecule has 1 aliphatic rings. The SMILES string of the molecule is CCOc1ccccc1CN1CCc2nc(Nc3ccc(OC)cc3OC)ncc2C1. The molecule has 1 aromatic heterocycles. The van der Waals surface area contributed by atoms with Gasteiger partial charge in [0.05, 0.1) is 32.2 Å². The molecule has 0 amide bonds. The molecule has 7 heteroatoms. The Bertz CT molecular complexity index is 1040. The fraction of sp³-hybridized carbons (Fsp3) is 0.333. The smallest absolute Gasteiger partial charge is 0.227 e. The molecule has 0 fully saturated rings. The van der Waals surface area contributed by atoms with Crippen LogP contribution in [0.4, 0.5) is 11.6 Å². The largest absolute Gasteiger partial charge is 0.497 e. The Morgan fingerprint density at radius 2 is 1.94 bits per heavy atom. The van der Waals surface area contributed by atoms with Crippen LogP contribution in [0.2, 0.25) is 0 Å². The molecule has 0 unspecified atom stereocenters. The van der Waals surface area contributed by atoms with Crippen molar-refractivity contribution in [3.8, 4) is 17.2 Å². The number of aromatic nitrogens is 2. The van der Waals surface area contributed by atoms with Gasteiger partial charge >= 0.3 is 0 Å². The van der Waals surface area contributed by atoms with Gasteiger partial charge in [0.15, 0.2) is 0 Å². The zero-order chi connectivity index (χ0) is 21.6. The fourth-order valence-corrected chi connectivity index (χ4v) is 3.76. The van der Waals surface area contributed by atoms with Crippen molar-refractivity contribution in [3.63, 3.8) is 0 Å². The summed E-state index contributed by atoms with van der Waals surface area (Å²) in [6.07, 6.45) is 2.80. The minimum atomic E-state index is 0.567. The third-order valence-corrected chi connectivity index (χ3v) is 5.33. The number of nitrogens with zero attached hydrogens (tertiary/aromatic N) is 3. The first-order valence-corrected chi connectivity index (χ1v) is 10.5. The number of rotatable bonds is 8. The van der Waals surface area contributed by atoms with Gasteiger partial charge in [0.2, 0.25) is 5.95 Å². The third-order valence-electron chi connectivity index (χ3n) is 5.33. The highest BCUT2D eigenvalue weighted by atomic mass is 16.5. The van der Waals surface area contributed by atoms with Crippen LogP contribution in [-0.2, 0) is 19.5 Å². The fourth-order valence-electron chi connectivity index (χ4n) is 3.76. The summed E-state index contributed by atoms with van der Waals surface area (Å²) in [5.74, 6) is 2.94. The quantitative estimate of drug-likeness (QED) is 0.586. The van der Waals surface area contributed by atoms with Crippen LogP contribution in [0.15, 0.2) is 48.7 Å². The molecule has 31 heavy (non-hydrogen) atoms. The van der Waals surface area contributed by atoms with Crippen LogP contribution in [0.1, 0.15) is 23.7 Å². The Morgan fingerprint density at radius 1 is 1.06 bits per heavy atom. The van der Waals surface area contributed by atoms with Gasteiger partial charge in [0.25, 0.3) is 0 Å². The van der Waals surface area contributed by atoms with Gasteiger partial charge in [0.1, 0.15) is 17.2 Å². The Kier molecular flexibility index (Phi) is 6.52. The Hall–Kier alpha value is -3.32. The molecule has 2 heterocycles. The van der Waals surface area contributed by atoms with Crippen molar-refractivity contribution in [2.24, 2.45) is 0 Å². The summed E-state index contributed by atoms with van der Waals surface area (Å²) >= 11 is 0. The average molecular weight is 421 g/mol. The lowest BCUT2D eigenvalue weighted by atomic mass is 10.1. The predicted octanol–water partition coefficient (Wildman–Crippen LogP) is 4.19. The molecule has 0 spiro atoms. The van der Waals surface area contributed by atoms with E-state index in [1.165, 1.54) is 5.56 Å². The number of methoxy groups -OCH3 is 2. The first-order chi connectivity index (χ1) is 15.2. The van der Waals surface area contributed by atoms with E-state index in [1.54, 1.807) is 14.2 Å². The summed E-state index contributed by atoms with van der Waals surface area (Å²) in [6, 6.07) is 13.8. The Morgan fingerprint density at radius 3 is 2.74 bits per heavy atom. The molecule has 0 atom stereocenters. The van der Waals surface area contributed by atoms with E-state index in [0.717, 1.165) is 54.5 Å². The van der Waals surface area contributed by atoms with Gasteiger partial charge in [-0.15, -0.1) is 0 Å². The molecule has 7 nitrogen and oxygen atoms in total. The normalized spacial score (nSPS) is 13.4. The molecule has 0 saturated heterocycles. The lowest BCUT2D eigenvalue weighted by Crippen LogP contribution is -2.31. The van der Waals surface area contributed by atoms with Gasteiger partial charge in [0, 0.05) is 49.4 Å². The van der Waals surface area contributed by atoms with Crippen LogP contribution >= 0.6 is 0 Å². The molecule has 0 bridgehead atoms. The number of hydrogen-bond donors (Lipinski definition) is 1. The van der Waals surface area contributed by atoms with Gasteiger partial charge in [-0.05, 0) is 25.1 Å². The number of ether oxygens (including phenoxy) is 3. The zero-order valence-corrected chi connectivity index (χ0v) is 18.2. The number of anilines is 2. The second kappa shape index (κ2) is 9.66. The molecule has 3 aromatic rings. The first kappa shape index (κ1) is 20.9. The molecule has 162 valence electrons. The lowest BCUT2D eigenvalue weighted by molar-refractivity contribution is 0.237. The molecule has 0 radical (unpaired) electrons. The van der Waals surface area contributed by atoms with Crippen LogP contribution in [0, 0.1) is 0 Å². The van der Waals surface area contributed by atoms with E-state index in [0.29, 0.717) is 18.3 Å². The van der Waals surface area contributed by atoms with E-state index < -0.39 is 0 Å². The standard InChI is InChI=1S/C24H28N4O3/c1-4-31-22-8-6-5-7-17(22)15-28-12-11-20-18(16-28)14-25-24(26-20)27-21-10-9-19(29-2)13-23(21)30-3/h5-10,13-14H,4,11-12,15-16H2,1-3H3,(H,25,26,27). The van der Waals surface area contributed by atoms with E-state index >= 15 is 0 Å². The number of para-hydroxylation sites is 1. The minimum Gasteiger partial charge on any atom is -0.497 e. The zero-order valence-electron chi connectivity index (χ0n) is 18.2. The summed E-state index contributed by atoms with van der Waals surface area (Å²) in [7, 11) is 3.26. The van der Waals surface area contributed by atoms with Crippen molar-refractivity contribution in [1.82, 2.24) is 14.9 Å². The molecule has 0 aliphatic carbocycles. The van der Waals surface area contributed by atoms with Gasteiger partial charge in [-0.3, -0.25) is 4.90 Å². The maximum absolute atomic E-state index is 5.78. The van der Waals surface area contributed by atoms with Gasteiger partial charge in [-0.25, -0.2) is 9.97 Å². The number of fused-ring (bicyclic) bond motifs is 1. The Balaban J connectivity index is 1.46. The van der Waals surface area contributed by atoms with Gasteiger partial charge in [-0.1, -0.05) is 18.2 Å². The number of nitrogens with one attached hydrogen (secondary N) is 1. The van der Waals surface area contributed by atoms with Gasteiger partial charge < -0.3 is 19.5 Å². The van der Waals surface area contributed by atoms with Crippen molar-refractivity contribution in [2.75, 3.05) is 32.7 Å². The third kappa shape index (κ3) is 4.88. The van der Waals surface area contributed by atoms with Crippen LogP contribution in [0.5, 0.6) is 17.2 Å². The average Bonchev–Trinajstić information content (AvgIpc) is 2.81. The highest BCUT2D eigenvalue weighted by Crippen LogP contribution is 2.31. The molecule has 4 rings (SSSR count). The lowest BCUT2D eigenvalue weighted by Gasteiger charge is -2.28. The number of benzene rings is 2. The molecule has 2 aromatic carbocycles. The molecule has 0 saturated carbocycles. The first-order valence-electron chi connectivity index (χ1n) is 10.5. The second-order valence-electron chi connectivity index (χ2n) is 7.36. The highest BCUT2D eigenvalue weighted by molar-refractivity contribution is 5.64. The van der Waals surface area contributed by atoms with Crippen LogP contribution in [0.3, 0.4) is 0 Å². The van der Waals surface area contributed by atoms with Crippen molar-refractivity contribution < 1.29 is 14.2 Å². The van der Waals surface area contributed by atoms with E-state index in [1.807, 2.05) is 43.5 Å². The van der Waals surface area contributed by atoms with E-state index in [9.17, 15) is 0 Å². The van der Waals surface area contributed by atoms with E-state index in [4.69, 9.17) is 19.2 Å². The maximum atomic E-state index is 5.78. The van der Waals surface area contributed by atoms with E-state index in [2.05, 4.69) is 27.3 Å². The second-order valence-corrected chi connectivity index (χ2v) is 7.36. The summed E-state index contributed by atoms with van der Waals surface area (Å²) in [6.45, 7) is 5.29. The summed E-state index contributed by atoms with van der Waals surface area (Å²) in [5.41, 5.74) is 4.25. The van der Waals surface area contributed by atoms with Crippen molar-refractivity contribution in [3.05, 3.63) is 65.5 Å². The summed E-state index contributed by atoms with van der Waals surface area (Å²) < 4.78 is 16.5. The molecular weight excluding hydrogens is 392 g/mol. The molecule has 1 N–H and O–H groups in total. The highest BCUT2D eigenvalue weighted by Gasteiger charge is 2.20. The molecular formula is C24H28N4O3. The predicted molar refractivity (Wildman–Crippen MR) is 120 cm³/mol. The topological polar surface area (TPSA) is 68.7 Å². The van der Waals surface area contributed by atoms with Crippen LogP contribution in [0.25, 0.3) is 0 Å². The summed E-state index contributed by atoms with van der Waals surface area (Å²) in [5, 5.41) is 3.26. The van der Waals surface area contributed by atoms with Crippen molar-refractivity contribution in [2.45, 2.75) is 26.4 Å². The van der Waals surface area contributed by atoms with Crippen LogP contribution in [-0.4, -0.2) is 42.2 Å². The monoisotopic (exact) mass is 420 g/mol. The van der Waals surface area contributed by atoms with Gasteiger partial charge in [-0.2, -0.15) is 0 Å². The van der Waals surface area contributed by atoms with E-state index in [-0.39, 0.29) is 0 Å². The minimum absolute atomic E-state index is 0.567. The number of hydrogen-bond acceptors (Lipinski definition) is 7. The van der Waals surface area contributed by atoms with Crippen molar-refractivity contribution >= 4 is 11.6 Å². The Labute approximate surface area is 183 Å².